The Labute approximate surface area is 105 Å². The second-order valence-corrected chi connectivity index (χ2v) is 4.82. The summed E-state index contributed by atoms with van der Waals surface area (Å²) in [6.45, 7) is 1.67. The van der Waals surface area contributed by atoms with Crippen LogP contribution < -0.4 is 5.32 Å². The summed E-state index contributed by atoms with van der Waals surface area (Å²) in [4.78, 5) is 10.0. The largest absolute Gasteiger partial charge is 0.323 e. The molecule has 1 aromatic carbocycles. The van der Waals surface area contributed by atoms with Crippen LogP contribution in [0.2, 0.25) is 0 Å². The van der Waals surface area contributed by atoms with Gasteiger partial charge in [0.1, 0.15) is 5.82 Å². The summed E-state index contributed by atoms with van der Waals surface area (Å²) in [5.41, 5.74) is 1.07. The van der Waals surface area contributed by atoms with Crippen molar-refractivity contribution in [3.8, 4) is 0 Å². The lowest BCUT2D eigenvalue weighted by Crippen LogP contribution is -2.19. The molecule has 2 nitrogen and oxygen atoms in total. The standard InChI is InChI=1S/C9H7BrCl2FNO/c1-4-2-6(13)5(10)3-7(4)14-9(15)8(11)12/h2-3,8H,1H3,(H,14,15). The van der Waals surface area contributed by atoms with Gasteiger partial charge >= 0.3 is 0 Å². The van der Waals surface area contributed by atoms with Gasteiger partial charge in [0, 0.05) is 5.69 Å². The number of benzene rings is 1. The Bertz CT molecular complexity index is 398. The average molecular weight is 315 g/mol. The van der Waals surface area contributed by atoms with Crippen LogP contribution in [0.25, 0.3) is 0 Å². The van der Waals surface area contributed by atoms with E-state index in [-0.39, 0.29) is 4.47 Å². The third-order valence-electron chi connectivity index (χ3n) is 1.72. The zero-order valence-electron chi connectivity index (χ0n) is 7.65. The van der Waals surface area contributed by atoms with Crippen LogP contribution in [0.1, 0.15) is 5.56 Å². The van der Waals surface area contributed by atoms with Crippen molar-refractivity contribution in [2.45, 2.75) is 11.8 Å². The van der Waals surface area contributed by atoms with Gasteiger partial charge in [0.2, 0.25) is 0 Å². The highest BCUT2D eigenvalue weighted by molar-refractivity contribution is 9.10. The van der Waals surface area contributed by atoms with Crippen LogP contribution in [0.3, 0.4) is 0 Å². The van der Waals surface area contributed by atoms with E-state index >= 15 is 0 Å². The van der Waals surface area contributed by atoms with Gasteiger partial charge in [-0.1, -0.05) is 23.2 Å². The van der Waals surface area contributed by atoms with Crippen molar-refractivity contribution in [2.24, 2.45) is 0 Å². The van der Waals surface area contributed by atoms with Crippen LogP contribution in [0, 0.1) is 12.7 Å². The molecule has 0 aliphatic heterocycles. The molecule has 0 aliphatic rings. The second-order valence-electron chi connectivity index (χ2n) is 2.87. The van der Waals surface area contributed by atoms with Gasteiger partial charge in [-0.25, -0.2) is 4.39 Å². The fourth-order valence-electron chi connectivity index (χ4n) is 0.968. The first-order valence-corrected chi connectivity index (χ1v) is 5.63. The molecule has 82 valence electrons. The number of anilines is 1. The molecular formula is C9H7BrCl2FNO. The Kier molecular flexibility index (Phi) is 4.37. The van der Waals surface area contributed by atoms with Crippen molar-refractivity contribution in [3.63, 3.8) is 0 Å². The van der Waals surface area contributed by atoms with Crippen molar-refractivity contribution in [1.82, 2.24) is 0 Å². The lowest BCUT2D eigenvalue weighted by Gasteiger charge is -2.09. The normalized spacial score (nSPS) is 10.5. The van der Waals surface area contributed by atoms with E-state index in [9.17, 15) is 9.18 Å². The Morgan fingerprint density at radius 2 is 2.13 bits per heavy atom. The molecule has 1 amide bonds. The van der Waals surface area contributed by atoms with Gasteiger partial charge < -0.3 is 5.32 Å². The van der Waals surface area contributed by atoms with E-state index in [1.165, 1.54) is 12.1 Å². The van der Waals surface area contributed by atoms with Crippen LogP contribution in [-0.4, -0.2) is 10.7 Å². The highest BCUT2D eigenvalue weighted by atomic mass is 79.9. The summed E-state index contributed by atoms with van der Waals surface area (Å²) in [6.07, 6.45) is 0. The minimum atomic E-state index is -1.15. The van der Waals surface area contributed by atoms with Crippen LogP contribution >= 0.6 is 39.1 Å². The Morgan fingerprint density at radius 1 is 1.53 bits per heavy atom. The maximum atomic E-state index is 13.0. The first kappa shape index (κ1) is 12.7. The van der Waals surface area contributed by atoms with Crippen LogP contribution in [0.4, 0.5) is 10.1 Å². The zero-order valence-corrected chi connectivity index (χ0v) is 10.8. The molecule has 0 radical (unpaired) electrons. The topological polar surface area (TPSA) is 29.1 Å². The number of hydrogen-bond donors (Lipinski definition) is 1. The summed E-state index contributed by atoms with van der Waals surface area (Å²) in [6, 6.07) is 2.76. The number of alkyl halides is 2. The molecule has 0 saturated heterocycles. The predicted octanol–water partition coefficient (Wildman–Crippen LogP) is 3.64. The smallest absolute Gasteiger partial charge is 0.257 e. The molecule has 0 bridgehead atoms. The van der Waals surface area contributed by atoms with Gasteiger partial charge in [-0.05, 0) is 40.5 Å². The van der Waals surface area contributed by atoms with Gasteiger partial charge in [0.25, 0.3) is 5.91 Å². The molecule has 0 aromatic heterocycles. The molecule has 0 fully saturated rings. The Hall–Kier alpha value is -0.320. The summed E-state index contributed by atoms with van der Waals surface area (Å²) < 4.78 is 13.3. The lowest BCUT2D eigenvalue weighted by molar-refractivity contribution is -0.114. The number of rotatable bonds is 2. The van der Waals surface area contributed by atoms with Crippen LogP contribution in [0.5, 0.6) is 0 Å². The lowest BCUT2D eigenvalue weighted by atomic mass is 10.2. The van der Waals surface area contributed by atoms with Gasteiger partial charge in [-0.15, -0.1) is 0 Å². The van der Waals surface area contributed by atoms with Crippen LogP contribution in [0.15, 0.2) is 16.6 Å². The van der Waals surface area contributed by atoms with E-state index < -0.39 is 16.6 Å². The first-order valence-electron chi connectivity index (χ1n) is 3.96. The van der Waals surface area contributed by atoms with E-state index in [1.807, 2.05) is 0 Å². The third-order valence-corrected chi connectivity index (χ3v) is 2.73. The van der Waals surface area contributed by atoms with Crippen molar-refractivity contribution in [1.29, 1.82) is 0 Å². The number of aryl methyl sites for hydroxylation is 1. The molecule has 0 unspecified atom stereocenters. The molecule has 1 rings (SSSR count). The molecule has 0 heterocycles. The quantitative estimate of drug-likeness (QED) is 0.830. The fraction of sp³-hybridized carbons (Fsp3) is 0.222. The molecule has 1 N–H and O–H groups in total. The van der Waals surface area contributed by atoms with Crippen molar-refractivity contribution < 1.29 is 9.18 Å². The molecule has 15 heavy (non-hydrogen) atoms. The number of carbonyl (C=O) groups excluding carboxylic acids is 1. The van der Waals surface area contributed by atoms with Crippen molar-refractivity contribution >= 4 is 50.7 Å². The Morgan fingerprint density at radius 3 is 2.67 bits per heavy atom. The zero-order chi connectivity index (χ0) is 11.6. The summed E-state index contributed by atoms with van der Waals surface area (Å²) in [5, 5.41) is 2.48. The molecular weight excluding hydrogens is 308 g/mol. The van der Waals surface area contributed by atoms with Crippen molar-refractivity contribution in [3.05, 3.63) is 28.0 Å². The van der Waals surface area contributed by atoms with E-state index in [4.69, 9.17) is 23.2 Å². The van der Waals surface area contributed by atoms with Gasteiger partial charge in [0.15, 0.2) is 4.84 Å². The second kappa shape index (κ2) is 5.14. The fourth-order valence-corrected chi connectivity index (χ4v) is 1.42. The average Bonchev–Trinajstić information content (AvgIpc) is 2.13. The number of carbonyl (C=O) groups is 1. The van der Waals surface area contributed by atoms with Crippen LogP contribution in [-0.2, 0) is 4.79 Å². The highest BCUT2D eigenvalue weighted by Gasteiger charge is 2.13. The minimum absolute atomic E-state index is 0.268. The molecule has 0 aliphatic carbocycles. The maximum Gasteiger partial charge on any atom is 0.257 e. The van der Waals surface area contributed by atoms with E-state index in [2.05, 4.69) is 21.2 Å². The summed E-state index contributed by atoms with van der Waals surface area (Å²) >= 11 is 13.8. The predicted molar refractivity (Wildman–Crippen MR) is 63.0 cm³/mol. The molecule has 0 spiro atoms. The summed E-state index contributed by atoms with van der Waals surface area (Å²) in [5.74, 6) is -0.932. The molecule has 0 saturated carbocycles. The number of nitrogens with one attached hydrogen (secondary N) is 1. The number of halogens is 4. The monoisotopic (exact) mass is 313 g/mol. The van der Waals surface area contributed by atoms with E-state index in [1.54, 1.807) is 6.92 Å². The first-order chi connectivity index (χ1) is 6.91. The van der Waals surface area contributed by atoms with Gasteiger partial charge in [-0.2, -0.15) is 0 Å². The molecule has 0 atom stereocenters. The SMILES string of the molecule is Cc1cc(F)c(Br)cc1NC(=O)C(Cl)Cl. The maximum absolute atomic E-state index is 13.0. The van der Waals surface area contributed by atoms with Gasteiger partial charge in [-0.3, -0.25) is 4.79 Å². The van der Waals surface area contributed by atoms with E-state index in [0.29, 0.717) is 11.3 Å². The third kappa shape index (κ3) is 3.33. The number of amides is 1. The highest BCUT2D eigenvalue weighted by Crippen LogP contribution is 2.24. The summed E-state index contributed by atoms with van der Waals surface area (Å²) in [7, 11) is 0. The molecule has 1 aromatic rings. The molecule has 6 heteroatoms. The number of hydrogen-bond acceptors (Lipinski definition) is 1. The van der Waals surface area contributed by atoms with Gasteiger partial charge in [0.05, 0.1) is 4.47 Å². The Balaban J connectivity index is 2.96. The minimum Gasteiger partial charge on any atom is -0.323 e. The van der Waals surface area contributed by atoms with E-state index in [0.717, 1.165) is 0 Å². The van der Waals surface area contributed by atoms with Crippen molar-refractivity contribution in [2.75, 3.05) is 5.32 Å².